The van der Waals surface area contributed by atoms with Gasteiger partial charge in [0.25, 0.3) is 0 Å². The van der Waals surface area contributed by atoms with Gasteiger partial charge < -0.3 is 15.5 Å². The van der Waals surface area contributed by atoms with Gasteiger partial charge in [0, 0.05) is 38.8 Å². The maximum Gasteiger partial charge on any atom is 0.319 e. The van der Waals surface area contributed by atoms with E-state index in [0.29, 0.717) is 12.6 Å². The van der Waals surface area contributed by atoms with Gasteiger partial charge in [-0.25, -0.2) is 4.79 Å². The molecule has 1 fully saturated rings. The predicted molar refractivity (Wildman–Crippen MR) is 115 cm³/mol. The van der Waals surface area contributed by atoms with Gasteiger partial charge in [0.1, 0.15) is 0 Å². The van der Waals surface area contributed by atoms with E-state index in [-0.39, 0.29) is 6.03 Å². The van der Waals surface area contributed by atoms with E-state index in [1.165, 1.54) is 24.0 Å². The normalized spacial score (nSPS) is 17.8. The van der Waals surface area contributed by atoms with Crippen molar-refractivity contribution in [2.75, 3.05) is 36.4 Å². The summed E-state index contributed by atoms with van der Waals surface area (Å²) in [6.07, 6.45) is 3.52. The van der Waals surface area contributed by atoms with E-state index in [1.807, 2.05) is 18.2 Å². The number of benzene rings is 2. The van der Waals surface area contributed by atoms with E-state index in [2.05, 4.69) is 57.7 Å². The summed E-state index contributed by atoms with van der Waals surface area (Å²) in [5, 5.41) is 6.11. The number of amides is 2. The largest absolute Gasteiger partial charge is 0.370 e. The summed E-state index contributed by atoms with van der Waals surface area (Å²) < 4.78 is 0. The third-order valence-corrected chi connectivity index (χ3v) is 5.94. The van der Waals surface area contributed by atoms with Crippen molar-refractivity contribution in [3.8, 4) is 0 Å². The van der Waals surface area contributed by atoms with Crippen molar-refractivity contribution in [3.05, 3.63) is 59.7 Å². The highest BCUT2D eigenvalue weighted by atomic mass is 16.2. The topological polar surface area (TPSA) is 47.6 Å². The van der Waals surface area contributed by atoms with Crippen LogP contribution >= 0.6 is 0 Å². The Bertz CT molecular complexity index is 816. The molecule has 0 bridgehead atoms. The molecule has 0 radical (unpaired) electrons. The molecule has 0 aliphatic carbocycles. The van der Waals surface area contributed by atoms with Crippen LogP contribution in [0.2, 0.25) is 0 Å². The van der Waals surface area contributed by atoms with E-state index in [9.17, 15) is 4.79 Å². The Hall–Kier alpha value is -2.53. The predicted octanol–water partition coefficient (Wildman–Crippen LogP) is 3.86. The van der Waals surface area contributed by atoms with Crippen LogP contribution in [0.25, 0.3) is 0 Å². The van der Waals surface area contributed by atoms with Gasteiger partial charge >= 0.3 is 6.03 Å². The Morgan fingerprint density at radius 3 is 2.54 bits per heavy atom. The Kier molecular flexibility index (Phi) is 5.81. The van der Waals surface area contributed by atoms with Crippen molar-refractivity contribution in [2.45, 2.75) is 38.8 Å². The maximum atomic E-state index is 12.5. The van der Waals surface area contributed by atoms with Gasteiger partial charge in [-0.15, -0.1) is 0 Å². The molecule has 1 saturated heterocycles. The second kappa shape index (κ2) is 8.65. The third-order valence-electron chi connectivity index (χ3n) is 5.94. The number of anilines is 2. The van der Waals surface area contributed by atoms with Crippen molar-refractivity contribution in [1.29, 1.82) is 0 Å². The summed E-state index contributed by atoms with van der Waals surface area (Å²) >= 11 is 0. The fourth-order valence-electron chi connectivity index (χ4n) is 4.24. The maximum absolute atomic E-state index is 12.5. The molecule has 0 saturated carbocycles. The molecular formula is C23H30N4O. The van der Waals surface area contributed by atoms with Crippen LogP contribution in [0.1, 0.15) is 30.9 Å². The molecule has 1 atom stereocenters. The van der Waals surface area contributed by atoms with Crippen LogP contribution in [0.4, 0.5) is 16.2 Å². The zero-order valence-electron chi connectivity index (χ0n) is 16.7. The molecule has 2 amide bonds. The van der Waals surface area contributed by atoms with Crippen LogP contribution in [0, 0.1) is 0 Å². The Morgan fingerprint density at radius 2 is 1.71 bits per heavy atom. The second-order valence-electron chi connectivity index (χ2n) is 7.88. The van der Waals surface area contributed by atoms with Crippen LogP contribution in [0.3, 0.4) is 0 Å². The quantitative estimate of drug-likeness (QED) is 0.831. The average Bonchev–Trinajstić information content (AvgIpc) is 3.27. The lowest BCUT2D eigenvalue weighted by Gasteiger charge is -2.33. The van der Waals surface area contributed by atoms with Gasteiger partial charge in [-0.1, -0.05) is 36.4 Å². The first kappa shape index (κ1) is 18.8. The fraction of sp³-hybridized carbons (Fsp3) is 0.435. The minimum atomic E-state index is -0.129. The summed E-state index contributed by atoms with van der Waals surface area (Å²) in [6, 6.07) is 16.9. The molecule has 2 heterocycles. The monoisotopic (exact) mass is 378 g/mol. The van der Waals surface area contributed by atoms with Gasteiger partial charge in [-0.3, -0.25) is 4.90 Å². The highest BCUT2D eigenvalue weighted by Gasteiger charge is 2.21. The molecule has 1 unspecified atom stereocenters. The number of carbonyl (C=O) groups is 1. The van der Waals surface area contributed by atoms with Crippen LogP contribution < -0.4 is 15.5 Å². The molecule has 4 rings (SSSR count). The summed E-state index contributed by atoms with van der Waals surface area (Å²) in [7, 11) is 0. The van der Waals surface area contributed by atoms with Gasteiger partial charge in [0.2, 0.25) is 0 Å². The minimum Gasteiger partial charge on any atom is -0.370 e. The summed E-state index contributed by atoms with van der Waals surface area (Å²) in [4.78, 5) is 17.3. The zero-order valence-corrected chi connectivity index (χ0v) is 16.7. The molecule has 5 heteroatoms. The number of carbonyl (C=O) groups excluding carboxylic acids is 1. The van der Waals surface area contributed by atoms with Crippen LogP contribution in [-0.2, 0) is 13.0 Å². The minimum absolute atomic E-state index is 0.129. The highest BCUT2D eigenvalue weighted by molar-refractivity contribution is 5.93. The summed E-state index contributed by atoms with van der Waals surface area (Å²) in [5.41, 5.74) is 4.87. The molecule has 2 aromatic carbocycles. The summed E-state index contributed by atoms with van der Waals surface area (Å²) in [5.74, 6) is 0. The van der Waals surface area contributed by atoms with E-state index in [4.69, 9.17) is 0 Å². The lowest BCUT2D eigenvalue weighted by Crippen LogP contribution is -2.45. The van der Waals surface area contributed by atoms with Crippen LogP contribution in [0.5, 0.6) is 0 Å². The number of hydrogen-bond donors (Lipinski definition) is 2. The number of urea groups is 1. The van der Waals surface area contributed by atoms with Gasteiger partial charge in [-0.05, 0) is 49.4 Å². The van der Waals surface area contributed by atoms with Crippen molar-refractivity contribution in [2.24, 2.45) is 0 Å². The Morgan fingerprint density at radius 1 is 1.00 bits per heavy atom. The van der Waals surface area contributed by atoms with Gasteiger partial charge in [-0.2, -0.15) is 0 Å². The molecule has 2 aliphatic rings. The van der Waals surface area contributed by atoms with E-state index in [1.54, 1.807) is 0 Å². The Labute approximate surface area is 167 Å². The average molecular weight is 379 g/mol. The summed E-state index contributed by atoms with van der Waals surface area (Å²) in [6.45, 7) is 6.95. The molecule has 28 heavy (non-hydrogen) atoms. The molecular weight excluding hydrogens is 348 g/mol. The zero-order chi connectivity index (χ0) is 19.3. The van der Waals surface area contributed by atoms with Crippen LogP contribution in [-0.4, -0.2) is 43.2 Å². The fourth-order valence-corrected chi connectivity index (χ4v) is 4.24. The van der Waals surface area contributed by atoms with Crippen molar-refractivity contribution in [1.82, 2.24) is 10.2 Å². The number of fused-ring (bicyclic) bond motifs is 1. The molecule has 0 aromatic heterocycles. The lowest BCUT2D eigenvalue weighted by molar-refractivity contribution is 0.186. The van der Waals surface area contributed by atoms with Crippen LogP contribution in [0.15, 0.2) is 48.5 Å². The lowest BCUT2D eigenvalue weighted by atomic mass is 9.99. The van der Waals surface area contributed by atoms with Gasteiger partial charge in [0.15, 0.2) is 0 Å². The SMILES string of the molecule is CC(CNC(=O)Nc1ccccc1N1CCCC1)N1CCc2ccccc2C1. The first-order chi connectivity index (χ1) is 13.7. The van der Waals surface area contributed by atoms with E-state index >= 15 is 0 Å². The number of hydrogen-bond acceptors (Lipinski definition) is 3. The molecule has 0 spiro atoms. The van der Waals surface area contributed by atoms with Crippen molar-refractivity contribution < 1.29 is 4.79 Å². The first-order valence-corrected chi connectivity index (χ1v) is 10.4. The molecule has 2 N–H and O–H groups in total. The molecule has 2 aromatic rings. The van der Waals surface area contributed by atoms with E-state index in [0.717, 1.165) is 44.0 Å². The number of rotatable bonds is 5. The standard InChI is InChI=1S/C23H30N4O/c1-18(27-15-12-19-8-2-3-9-20(19)17-27)16-24-23(28)25-21-10-4-5-11-22(21)26-13-6-7-14-26/h2-5,8-11,18H,6-7,12-17H2,1H3,(H2,24,25,28). The second-order valence-corrected chi connectivity index (χ2v) is 7.88. The Balaban J connectivity index is 1.30. The number of para-hydroxylation sites is 2. The van der Waals surface area contributed by atoms with E-state index < -0.39 is 0 Å². The molecule has 148 valence electrons. The first-order valence-electron chi connectivity index (χ1n) is 10.4. The highest BCUT2D eigenvalue weighted by Crippen LogP contribution is 2.28. The third kappa shape index (κ3) is 4.30. The van der Waals surface area contributed by atoms with Crippen molar-refractivity contribution >= 4 is 17.4 Å². The number of nitrogens with zero attached hydrogens (tertiary/aromatic N) is 2. The number of nitrogens with one attached hydrogen (secondary N) is 2. The smallest absolute Gasteiger partial charge is 0.319 e. The molecule has 2 aliphatic heterocycles. The molecule has 5 nitrogen and oxygen atoms in total. The van der Waals surface area contributed by atoms with Crippen molar-refractivity contribution in [3.63, 3.8) is 0 Å². The van der Waals surface area contributed by atoms with Gasteiger partial charge in [0.05, 0.1) is 11.4 Å².